The first-order valence-corrected chi connectivity index (χ1v) is 9.97. The van der Waals surface area contributed by atoms with E-state index in [0.29, 0.717) is 23.5 Å². The topological polar surface area (TPSA) is 87.7 Å². The monoisotopic (exact) mass is 460 g/mol. The third-order valence-electron chi connectivity index (χ3n) is 3.70. The molecule has 2 aromatic rings. The smallest absolute Gasteiger partial charge is 0.263 e. The predicted octanol–water partition coefficient (Wildman–Crippen LogP) is 3.87. The molecular formula is C16H21IN4O2S. The Kier molecular flexibility index (Phi) is 7.83. The number of imidazole rings is 1. The van der Waals surface area contributed by atoms with Crippen LogP contribution in [0.15, 0.2) is 17.9 Å². The molecule has 0 aliphatic rings. The second-order valence-corrected chi connectivity index (χ2v) is 7.55. The van der Waals surface area contributed by atoms with Gasteiger partial charge < -0.3 is 10.3 Å². The molecule has 130 valence electrons. The summed E-state index contributed by atoms with van der Waals surface area (Å²) in [6.07, 6.45) is 8.16. The second kappa shape index (κ2) is 9.87. The molecular weight excluding hydrogens is 439 g/mol. The number of nitrogens with zero attached hydrogens (tertiary/aromatic N) is 2. The van der Waals surface area contributed by atoms with Crippen molar-refractivity contribution in [3.8, 4) is 0 Å². The lowest BCUT2D eigenvalue weighted by atomic mass is 10.0. The highest BCUT2D eigenvalue weighted by Gasteiger charge is 2.19. The van der Waals surface area contributed by atoms with Crippen molar-refractivity contribution in [3.63, 3.8) is 0 Å². The Hall–Kier alpha value is -1.29. The number of unbranched alkanes of at least 4 members (excludes halogenated alkanes) is 2. The van der Waals surface area contributed by atoms with E-state index in [-0.39, 0.29) is 11.9 Å². The van der Waals surface area contributed by atoms with Crippen LogP contribution in [0.1, 0.15) is 67.0 Å². The zero-order valence-corrected chi connectivity index (χ0v) is 16.5. The number of thiazole rings is 1. The fraction of sp³-hybridized carbons (Fsp3) is 0.500. The molecule has 0 aliphatic carbocycles. The van der Waals surface area contributed by atoms with E-state index in [1.807, 2.05) is 6.92 Å². The summed E-state index contributed by atoms with van der Waals surface area (Å²) >= 11 is 3.48. The lowest BCUT2D eigenvalue weighted by molar-refractivity contribution is -0.118. The first-order chi connectivity index (χ1) is 11.6. The zero-order chi connectivity index (χ0) is 17.4. The van der Waals surface area contributed by atoms with E-state index in [4.69, 9.17) is 0 Å². The van der Waals surface area contributed by atoms with Crippen LogP contribution in [0.3, 0.4) is 0 Å². The molecule has 0 bridgehead atoms. The Morgan fingerprint density at radius 1 is 1.33 bits per heavy atom. The second-order valence-electron chi connectivity index (χ2n) is 5.50. The van der Waals surface area contributed by atoms with Crippen molar-refractivity contribution in [2.24, 2.45) is 0 Å². The van der Waals surface area contributed by atoms with Crippen LogP contribution in [0.5, 0.6) is 0 Å². The van der Waals surface area contributed by atoms with Gasteiger partial charge in [-0.05, 0) is 35.4 Å². The molecule has 0 saturated heterocycles. The molecule has 0 aliphatic heterocycles. The largest absolute Gasteiger partial charge is 0.341 e. The van der Waals surface area contributed by atoms with Crippen LogP contribution in [0.2, 0.25) is 0 Å². The molecule has 2 aromatic heterocycles. The zero-order valence-electron chi connectivity index (χ0n) is 13.5. The normalized spacial score (nSPS) is 12.1. The van der Waals surface area contributed by atoms with E-state index in [9.17, 15) is 9.59 Å². The van der Waals surface area contributed by atoms with Crippen LogP contribution in [-0.4, -0.2) is 26.6 Å². The number of Topliss-reactive ketones (excluding diaryl/α,β-unsaturated/α-hetero) is 1. The standard InChI is InChI=1S/C16H21IN4O2S/c1-2-11(22)6-4-3-5-7-12(15-19-9-14(17)21-15)20-16(23)13-8-18-10-24-13/h8-10,12H,2-7H2,1H3,(H,19,21)(H,20,23)/t12-/m0/s1. The Morgan fingerprint density at radius 2 is 2.17 bits per heavy atom. The molecule has 6 nitrogen and oxygen atoms in total. The van der Waals surface area contributed by atoms with E-state index in [2.05, 4.69) is 42.9 Å². The summed E-state index contributed by atoms with van der Waals surface area (Å²) in [4.78, 5) is 35.7. The van der Waals surface area contributed by atoms with E-state index in [1.54, 1.807) is 17.9 Å². The van der Waals surface area contributed by atoms with Gasteiger partial charge in [-0.3, -0.25) is 14.6 Å². The molecule has 2 rings (SSSR count). The number of aromatic nitrogens is 3. The highest BCUT2D eigenvalue weighted by atomic mass is 127. The fourth-order valence-corrected chi connectivity index (χ4v) is 3.29. The van der Waals surface area contributed by atoms with Gasteiger partial charge in [-0.2, -0.15) is 0 Å². The van der Waals surface area contributed by atoms with Crippen molar-refractivity contribution in [2.45, 2.75) is 51.5 Å². The molecule has 2 heterocycles. The number of aromatic amines is 1. The van der Waals surface area contributed by atoms with Gasteiger partial charge in [0.1, 0.15) is 16.5 Å². The van der Waals surface area contributed by atoms with Gasteiger partial charge in [0.15, 0.2) is 0 Å². The number of hydrogen-bond donors (Lipinski definition) is 2. The number of hydrogen-bond acceptors (Lipinski definition) is 5. The van der Waals surface area contributed by atoms with E-state index >= 15 is 0 Å². The molecule has 1 amide bonds. The number of ketones is 1. The van der Waals surface area contributed by atoms with Gasteiger partial charge in [-0.15, -0.1) is 11.3 Å². The van der Waals surface area contributed by atoms with E-state index in [0.717, 1.165) is 35.2 Å². The quantitative estimate of drug-likeness (QED) is 0.416. The number of carbonyl (C=O) groups is 2. The van der Waals surface area contributed by atoms with Gasteiger partial charge >= 0.3 is 0 Å². The maximum Gasteiger partial charge on any atom is 0.263 e. The number of carbonyl (C=O) groups excluding carboxylic acids is 2. The average molecular weight is 460 g/mol. The third-order valence-corrected chi connectivity index (χ3v) is 5.02. The van der Waals surface area contributed by atoms with Crippen LogP contribution in [0.25, 0.3) is 0 Å². The van der Waals surface area contributed by atoms with Gasteiger partial charge in [0.2, 0.25) is 0 Å². The van der Waals surface area contributed by atoms with Crippen LogP contribution >= 0.6 is 33.9 Å². The Balaban J connectivity index is 1.89. The summed E-state index contributed by atoms with van der Waals surface area (Å²) in [5, 5.41) is 3.03. The first kappa shape index (κ1) is 19.0. The average Bonchev–Trinajstić information content (AvgIpc) is 3.24. The molecule has 2 N–H and O–H groups in total. The summed E-state index contributed by atoms with van der Waals surface area (Å²) in [6.45, 7) is 1.89. The van der Waals surface area contributed by atoms with Crippen molar-refractivity contribution in [2.75, 3.05) is 0 Å². The Morgan fingerprint density at radius 3 is 2.79 bits per heavy atom. The summed E-state index contributed by atoms with van der Waals surface area (Å²) < 4.78 is 0.938. The molecule has 1 atom stereocenters. The SMILES string of the molecule is CCC(=O)CCCCC[C@H](NC(=O)c1cncs1)c1ncc(I)[nH]1. The molecule has 24 heavy (non-hydrogen) atoms. The van der Waals surface area contributed by atoms with Crippen molar-refractivity contribution >= 4 is 45.6 Å². The molecule has 0 saturated carbocycles. The number of amides is 1. The molecule has 0 unspecified atom stereocenters. The third kappa shape index (κ3) is 5.97. The maximum absolute atomic E-state index is 12.3. The van der Waals surface area contributed by atoms with Gasteiger partial charge in [-0.25, -0.2) is 4.98 Å². The highest BCUT2D eigenvalue weighted by Crippen LogP contribution is 2.20. The number of halogens is 1. The molecule has 0 radical (unpaired) electrons. The van der Waals surface area contributed by atoms with Gasteiger partial charge in [0, 0.05) is 12.8 Å². The van der Waals surface area contributed by atoms with Crippen LogP contribution in [0.4, 0.5) is 0 Å². The summed E-state index contributed by atoms with van der Waals surface area (Å²) in [5.41, 5.74) is 1.64. The van der Waals surface area contributed by atoms with Gasteiger partial charge in [0.05, 0.1) is 27.6 Å². The van der Waals surface area contributed by atoms with E-state index in [1.165, 1.54) is 11.3 Å². The van der Waals surface area contributed by atoms with Crippen molar-refractivity contribution in [3.05, 3.63) is 32.3 Å². The minimum Gasteiger partial charge on any atom is -0.341 e. The van der Waals surface area contributed by atoms with Crippen molar-refractivity contribution < 1.29 is 9.59 Å². The maximum atomic E-state index is 12.3. The number of H-pyrrole nitrogens is 1. The van der Waals surface area contributed by atoms with Gasteiger partial charge in [0.25, 0.3) is 5.91 Å². The van der Waals surface area contributed by atoms with Crippen molar-refractivity contribution in [1.82, 2.24) is 20.3 Å². The first-order valence-electron chi connectivity index (χ1n) is 8.01. The molecule has 0 fully saturated rings. The Bertz CT molecular complexity index is 657. The number of rotatable bonds is 10. The highest BCUT2D eigenvalue weighted by molar-refractivity contribution is 14.1. The molecule has 0 aromatic carbocycles. The summed E-state index contributed by atoms with van der Waals surface area (Å²) in [6, 6.07) is -0.162. The van der Waals surface area contributed by atoms with E-state index < -0.39 is 0 Å². The van der Waals surface area contributed by atoms with Gasteiger partial charge in [-0.1, -0.05) is 19.8 Å². The Labute approximate surface area is 159 Å². The lowest BCUT2D eigenvalue weighted by Crippen LogP contribution is -2.28. The van der Waals surface area contributed by atoms with Crippen LogP contribution in [-0.2, 0) is 4.79 Å². The number of nitrogens with one attached hydrogen (secondary N) is 2. The lowest BCUT2D eigenvalue weighted by Gasteiger charge is -2.16. The molecule has 0 spiro atoms. The summed E-state index contributed by atoms with van der Waals surface area (Å²) in [5.74, 6) is 0.947. The van der Waals surface area contributed by atoms with Crippen molar-refractivity contribution in [1.29, 1.82) is 0 Å². The minimum atomic E-state index is -0.162. The summed E-state index contributed by atoms with van der Waals surface area (Å²) in [7, 11) is 0. The minimum absolute atomic E-state index is 0.130. The fourth-order valence-electron chi connectivity index (χ4n) is 2.35. The van der Waals surface area contributed by atoms with Crippen LogP contribution < -0.4 is 5.32 Å². The predicted molar refractivity (Wildman–Crippen MR) is 102 cm³/mol. The molecule has 8 heteroatoms. The van der Waals surface area contributed by atoms with Crippen LogP contribution in [0, 0.1) is 3.70 Å².